The molecule has 1 saturated heterocycles. The quantitative estimate of drug-likeness (QED) is 0.716. The van der Waals surface area contributed by atoms with Gasteiger partial charge in [-0.3, -0.25) is 19.3 Å². The van der Waals surface area contributed by atoms with Crippen molar-refractivity contribution in [2.75, 3.05) is 24.4 Å². The van der Waals surface area contributed by atoms with E-state index in [1.165, 1.54) is 50.6 Å². The van der Waals surface area contributed by atoms with Crippen LogP contribution < -0.4 is 19.7 Å². The van der Waals surface area contributed by atoms with Gasteiger partial charge in [0.1, 0.15) is 0 Å². The third-order valence-corrected chi connectivity index (χ3v) is 4.44. The van der Waals surface area contributed by atoms with E-state index in [0.29, 0.717) is 5.69 Å². The summed E-state index contributed by atoms with van der Waals surface area (Å²) in [7, 11) is 2.77. The highest BCUT2D eigenvalue weighted by Gasteiger charge is 2.30. The number of ether oxygens (including phenoxy) is 2. The highest BCUT2D eigenvalue weighted by molar-refractivity contribution is 6.20. The van der Waals surface area contributed by atoms with Crippen LogP contribution >= 0.6 is 0 Å². The van der Waals surface area contributed by atoms with Gasteiger partial charge in [0.15, 0.2) is 11.5 Å². The molecular formula is C20H18N2O7. The van der Waals surface area contributed by atoms with E-state index in [-0.39, 0.29) is 53.0 Å². The Bertz CT molecular complexity index is 983. The van der Waals surface area contributed by atoms with Gasteiger partial charge >= 0.3 is 5.97 Å². The summed E-state index contributed by atoms with van der Waals surface area (Å²) < 4.78 is 10.2. The van der Waals surface area contributed by atoms with Crippen molar-refractivity contribution >= 4 is 35.1 Å². The van der Waals surface area contributed by atoms with Crippen LogP contribution in [0.1, 0.15) is 33.6 Å². The Labute approximate surface area is 165 Å². The van der Waals surface area contributed by atoms with E-state index in [0.717, 1.165) is 4.90 Å². The molecule has 150 valence electrons. The number of carbonyl (C=O) groups excluding carboxylic acids is 3. The maximum absolute atomic E-state index is 12.6. The van der Waals surface area contributed by atoms with Crippen LogP contribution in [0.2, 0.25) is 0 Å². The summed E-state index contributed by atoms with van der Waals surface area (Å²) in [6.45, 7) is 0. The molecule has 0 aromatic heterocycles. The molecule has 0 aliphatic carbocycles. The first-order valence-corrected chi connectivity index (χ1v) is 8.62. The summed E-state index contributed by atoms with van der Waals surface area (Å²) in [5.41, 5.74) is 0.473. The van der Waals surface area contributed by atoms with Gasteiger partial charge in [0.05, 0.1) is 31.2 Å². The summed E-state index contributed by atoms with van der Waals surface area (Å²) in [4.78, 5) is 48.8. The third kappa shape index (κ3) is 3.88. The fraction of sp³-hybridized carbons (Fsp3) is 0.200. The van der Waals surface area contributed by atoms with Crippen LogP contribution in [0.15, 0.2) is 36.4 Å². The lowest BCUT2D eigenvalue weighted by atomic mass is 10.1. The molecule has 9 heteroatoms. The molecular weight excluding hydrogens is 380 g/mol. The SMILES string of the molecule is COc1cc(NC(=O)c2ccc(N3C(=O)CCC3=O)cc2)c(C(=O)O)cc1OC. The van der Waals surface area contributed by atoms with Crippen molar-refractivity contribution in [3.8, 4) is 11.5 Å². The standard InChI is InChI=1S/C20H18N2O7/c1-28-15-9-13(20(26)27)14(10-16(15)29-2)21-19(25)11-3-5-12(6-4-11)22-17(23)7-8-18(22)24/h3-6,9-10H,7-8H2,1-2H3,(H,21,25)(H,26,27). The second-order valence-corrected chi connectivity index (χ2v) is 6.18. The number of rotatable bonds is 6. The number of hydrogen-bond donors (Lipinski definition) is 2. The van der Waals surface area contributed by atoms with Gasteiger partial charge in [-0.05, 0) is 24.3 Å². The molecule has 2 aromatic rings. The number of hydrogen-bond acceptors (Lipinski definition) is 6. The van der Waals surface area contributed by atoms with Crippen molar-refractivity contribution in [1.82, 2.24) is 0 Å². The lowest BCUT2D eigenvalue weighted by Crippen LogP contribution is -2.28. The highest BCUT2D eigenvalue weighted by Crippen LogP contribution is 2.33. The fourth-order valence-corrected chi connectivity index (χ4v) is 2.98. The predicted octanol–water partition coefficient (Wildman–Crippen LogP) is 2.31. The second-order valence-electron chi connectivity index (χ2n) is 6.18. The molecule has 0 radical (unpaired) electrons. The Balaban J connectivity index is 1.86. The number of nitrogens with one attached hydrogen (secondary N) is 1. The van der Waals surface area contributed by atoms with E-state index in [2.05, 4.69) is 5.32 Å². The predicted molar refractivity (Wildman–Crippen MR) is 103 cm³/mol. The van der Waals surface area contributed by atoms with Crippen LogP contribution in [-0.2, 0) is 9.59 Å². The first kappa shape index (κ1) is 19.9. The molecule has 2 N–H and O–H groups in total. The van der Waals surface area contributed by atoms with E-state index in [9.17, 15) is 24.3 Å². The lowest BCUT2D eigenvalue weighted by Gasteiger charge is -2.15. The second kappa shape index (κ2) is 8.01. The summed E-state index contributed by atoms with van der Waals surface area (Å²) in [6.07, 6.45) is 0.330. The Kier molecular flexibility index (Phi) is 5.49. The normalized spacial score (nSPS) is 13.4. The molecule has 3 rings (SSSR count). The first-order valence-electron chi connectivity index (χ1n) is 8.62. The van der Waals surface area contributed by atoms with E-state index >= 15 is 0 Å². The van der Waals surface area contributed by atoms with Gasteiger partial charge in [-0.15, -0.1) is 0 Å². The number of carboxylic acid groups (broad SMARTS) is 1. The average molecular weight is 398 g/mol. The topological polar surface area (TPSA) is 122 Å². The van der Waals surface area contributed by atoms with Crippen LogP contribution in [0, 0.1) is 0 Å². The Hall–Kier alpha value is -3.88. The van der Waals surface area contributed by atoms with Gasteiger partial charge in [-0.2, -0.15) is 0 Å². The summed E-state index contributed by atoms with van der Waals surface area (Å²) in [5, 5.41) is 12.0. The average Bonchev–Trinajstić information content (AvgIpc) is 3.05. The van der Waals surface area contributed by atoms with Crippen molar-refractivity contribution in [2.45, 2.75) is 12.8 Å². The highest BCUT2D eigenvalue weighted by atomic mass is 16.5. The van der Waals surface area contributed by atoms with Gasteiger partial charge in [-0.25, -0.2) is 4.79 Å². The molecule has 3 amide bonds. The molecule has 0 saturated carbocycles. The van der Waals surface area contributed by atoms with E-state index in [1.54, 1.807) is 0 Å². The first-order chi connectivity index (χ1) is 13.8. The van der Waals surface area contributed by atoms with Gasteiger partial charge in [0, 0.05) is 30.5 Å². The Morgan fingerprint density at radius 2 is 1.52 bits per heavy atom. The molecule has 0 atom stereocenters. The zero-order valence-corrected chi connectivity index (χ0v) is 15.7. The maximum Gasteiger partial charge on any atom is 0.337 e. The summed E-state index contributed by atoms with van der Waals surface area (Å²) >= 11 is 0. The molecule has 1 aliphatic rings. The van der Waals surface area contributed by atoms with Gasteiger partial charge in [-0.1, -0.05) is 0 Å². The molecule has 0 unspecified atom stereocenters. The fourth-order valence-electron chi connectivity index (χ4n) is 2.98. The van der Waals surface area contributed by atoms with E-state index in [1.807, 2.05) is 0 Å². The molecule has 0 bridgehead atoms. The van der Waals surface area contributed by atoms with Crippen LogP contribution in [0.25, 0.3) is 0 Å². The number of amides is 3. The molecule has 1 fully saturated rings. The summed E-state index contributed by atoms with van der Waals surface area (Å²) in [6, 6.07) is 8.49. The molecule has 1 aliphatic heterocycles. The zero-order chi connectivity index (χ0) is 21.1. The molecule has 1 heterocycles. The van der Waals surface area contributed by atoms with Crippen molar-refractivity contribution in [3.63, 3.8) is 0 Å². The molecule has 29 heavy (non-hydrogen) atoms. The number of imide groups is 1. The van der Waals surface area contributed by atoms with E-state index < -0.39 is 11.9 Å². The van der Waals surface area contributed by atoms with Gasteiger partial charge in [0.25, 0.3) is 5.91 Å². The molecule has 9 nitrogen and oxygen atoms in total. The monoisotopic (exact) mass is 398 g/mol. The zero-order valence-electron chi connectivity index (χ0n) is 15.7. The largest absolute Gasteiger partial charge is 0.493 e. The van der Waals surface area contributed by atoms with E-state index in [4.69, 9.17) is 9.47 Å². The summed E-state index contributed by atoms with van der Waals surface area (Å²) in [5.74, 6) is -1.92. The minimum absolute atomic E-state index is 0.0362. The third-order valence-electron chi connectivity index (χ3n) is 4.44. The van der Waals surface area contributed by atoms with Crippen molar-refractivity contribution < 1.29 is 33.8 Å². The smallest absolute Gasteiger partial charge is 0.337 e. The molecule has 2 aromatic carbocycles. The number of nitrogens with zero attached hydrogens (tertiary/aromatic N) is 1. The van der Waals surface area contributed by atoms with Crippen LogP contribution in [0.4, 0.5) is 11.4 Å². The van der Waals surface area contributed by atoms with Gasteiger partial charge in [0.2, 0.25) is 11.8 Å². The number of anilines is 2. The minimum Gasteiger partial charge on any atom is -0.493 e. The van der Waals surface area contributed by atoms with Crippen LogP contribution in [-0.4, -0.2) is 43.0 Å². The maximum atomic E-state index is 12.6. The Morgan fingerprint density at radius 3 is 2.03 bits per heavy atom. The lowest BCUT2D eigenvalue weighted by molar-refractivity contribution is -0.121. The number of carbonyl (C=O) groups is 4. The number of methoxy groups -OCH3 is 2. The number of aromatic carboxylic acids is 1. The van der Waals surface area contributed by atoms with Gasteiger partial charge < -0.3 is 19.9 Å². The van der Waals surface area contributed by atoms with Crippen LogP contribution in [0.5, 0.6) is 11.5 Å². The minimum atomic E-state index is -1.25. The van der Waals surface area contributed by atoms with Crippen molar-refractivity contribution in [2.24, 2.45) is 0 Å². The Morgan fingerprint density at radius 1 is 0.966 bits per heavy atom. The number of carboxylic acids is 1. The molecule has 0 spiro atoms. The van der Waals surface area contributed by atoms with Crippen LogP contribution in [0.3, 0.4) is 0 Å². The number of benzene rings is 2. The van der Waals surface area contributed by atoms with Crippen molar-refractivity contribution in [1.29, 1.82) is 0 Å². The van der Waals surface area contributed by atoms with Crippen molar-refractivity contribution in [3.05, 3.63) is 47.5 Å².